The van der Waals surface area contributed by atoms with Gasteiger partial charge in [-0.25, -0.2) is 4.79 Å². The number of rotatable bonds is 6. The quantitative estimate of drug-likeness (QED) is 0.124. The van der Waals surface area contributed by atoms with E-state index in [0.29, 0.717) is 57.8 Å². The molecule has 11 unspecified atom stereocenters. The Labute approximate surface area is 387 Å². The van der Waals surface area contributed by atoms with E-state index < -0.39 is 77.4 Å². The molecular weight excluding hydrogens is 835 g/mol. The second-order valence-electron chi connectivity index (χ2n) is 20.2. The third kappa shape index (κ3) is 14.4. The van der Waals surface area contributed by atoms with Crippen molar-refractivity contribution >= 4 is 35.0 Å². The van der Waals surface area contributed by atoms with Crippen molar-refractivity contribution in [3.05, 3.63) is 23.8 Å². The Morgan fingerprint density at radius 3 is 2.22 bits per heavy atom. The number of carbonyl (C=O) groups excluding carboxylic acids is 6. The summed E-state index contributed by atoms with van der Waals surface area (Å²) in [5.74, 6) is -8.37. The van der Waals surface area contributed by atoms with Crippen molar-refractivity contribution in [2.24, 2.45) is 41.4 Å². The zero-order chi connectivity index (χ0) is 48.2. The van der Waals surface area contributed by atoms with Crippen LogP contribution in [0.4, 0.5) is 0 Å². The van der Waals surface area contributed by atoms with Crippen LogP contribution in [-0.4, -0.2) is 126 Å². The number of hydrogen-bond donors (Lipinski definition) is 2. The number of ether oxygens (including phenoxy) is 5. The molecule has 1 saturated heterocycles. The van der Waals surface area contributed by atoms with E-state index in [9.17, 15) is 39.0 Å². The summed E-state index contributed by atoms with van der Waals surface area (Å²) >= 11 is 0. The van der Waals surface area contributed by atoms with Gasteiger partial charge in [0.05, 0.1) is 24.4 Å². The van der Waals surface area contributed by atoms with Crippen molar-refractivity contribution in [2.45, 2.75) is 193 Å². The standard InChI is InChI=1S/C51H81NO13/c1-30-16-12-11-13-17-31(2)42(61-8)28-38-21-19-36(7)51(60,65-38)48(57)49(58)52-23-15-14-18-39(52)50(59)64-43(33(4)26-37-20-22-40(53)44(27-37)62-9)29-41(54)32(3)25-35(6)46(56)47(63-10)45(55)34(5)24-30/h14,18,25,30-34,36-40,42-44,47,53,60H,11-13,15-17,19-24,26-29H2,1-10H3/t30?,31?,32?,33-,34?,36?,37+,38?,39?,40-,42?,43?,44-,47?,51?/m1/s1. The van der Waals surface area contributed by atoms with Crippen LogP contribution in [0.5, 0.6) is 0 Å². The summed E-state index contributed by atoms with van der Waals surface area (Å²) in [6.45, 7) is 12.9. The predicted molar refractivity (Wildman–Crippen MR) is 244 cm³/mol. The lowest BCUT2D eigenvalue weighted by Gasteiger charge is -2.42. The molecule has 1 saturated carbocycles. The first kappa shape index (κ1) is 54.5. The number of ketones is 4. The molecule has 0 radical (unpaired) electrons. The Morgan fingerprint density at radius 2 is 1.54 bits per heavy atom. The van der Waals surface area contributed by atoms with Crippen molar-refractivity contribution in [2.75, 3.05) is 27.9 Å². The largest absolute Gasteiger partial charge is 0.460 e. The van der Waals surface area contributed by atoms with Crippen LogP contribution < -0.4 is 0 Å². The van der Waals surface area contributed by atoms with Gasteiger partial charge < -0.3 is 38.8 Å². The number of amides is 1. The molecule has 4 rings (SSSR count). The molecule has 14 heteroatoms. The fourth-order valence-corrected chi connectivity index (χ4v) is 10.6. The first-order valence-electron chi connectivity index (χ1n) is 24.4. The molecule has 368 valence electrons. The zero-order valence-corrected chi connectivity index (χ0v) is 41.0. The highest BCUT2D eigenvalue weighted by molar-refractivity contribution is 6.39. The monoisotopic (exact) mass is 916 g/mol. The number of methoxy groups -OCH3 is 3. The molecule has 1 amide bonds. The molecule has 14 nitrogen and oxygen atoms in total. The highest BCUT2D eigenvalue weighted by Gasteiger charge is 2.53. The van der Waals surface area contributed by atoms with Crippen LogP contribution in [0, 0.1) is 41.4 Å². The molecule has 4 aliphatic rings. The molecule has 2 N–H and O–H groups in total. The van der Waals surface area contributed by atoms with Gasteiger partial charge in [0.15, 0.2) is 17.7 Å². The molecule has 1 aliphatic carbocycles. The van der Waals surface area contributed by atoms with E-state index in [2.05, 4.69) is 13.8 Å². The van der Waals surface area contributed by atoms with Crippen molar-refractivity contribution in [3.63, 3.8) is 0 Å². The van der Waals surface area contributed by atoms with Crippen molar-refractivity contribution in [3.8, 4) is 0 Å². The molecule has 3 aliphatic heterocycles. The van der Waals surface area contributed by atoms with Gasteiger partial charge in [0.1, 0.15) is 17.9 Å². The lowest BCUT2D eigenvalue weighted by molar-refractivity contribution is -0.266. The Kier molecular flexibility index (Phi) is 21.2. The van der Waals surface area contributed by atoms with Gasteiger partial charge in [-0.15, -0.1) is 0 Å². The number of Topliss-reactive ketones (excluding diaryl/α,β-unsaturated/α-hetero) is 4. The smallest absolute Gasteiger partial charge is 0.333 e. The third-order valence-corrected chi connectivity index (χ3v) is 15.0. The minimum absolute atomic E-state index is 0.0117. The predicted octanol–water partition coefficient (Wildman–Crippen LogP) is 6.69. The summed E-state index contributed by atoms with van der Waals surface area (Å²) in [6, 6.07) is -1.31. The average Bonchev–Trinajstić information content (AvgIpc) is 3.28. The topological polar surface area (TPSA) is 192 Å². The zero-order valence-electron chi connectivity index (χ0n) is 41.0. The number of carbonyl (C=O) groups is 6. The average molecular weight is 916 g/mol. The van der Waals surface area contributed by atoms with Gasteiger partial charge in [0.25, 0.3) is 11.7 Å². The molecule has 0 aromatic carbocycles. The van der Waals surface area contributed by atoms with Gasteiger partial charge in [0, 0.05) is 58.5 Å². The van der Waals surface area contributed by atoms with Gasteiger partial charge in [-0.1, -0.05) is 85.5 Å². The SMILES string of the molecule is COC1C(=O)C(C)=CC(C)C(=O)CC([C@H](C)C[C@@H]2CC[C@@H](O)[C@H](OC)C2)OC(=O)C2C=CCCN2C(=O)C(=O)C2(O)OC(CCC2C)CC(OC)C(C)CCCCCC(C)CC(C)C1=O. The molecule has 2 bridgehead atoms. The van der Waals surface area contributed by atoms with E-state index >= 15 is 0 Å². The fraction of sp³-hybridized carbons (Fsp3) is 0.804. The highest BCUT2D eigenvalue weighted by atomic mass is 16.6. The van der Waals surface area contributed by atoms with Crippen molar-refractivity contribution < 1.29 is 62.7 Å². The number of cyclic esters (lactones) is 1. The third-order valence-electron chi connectivity index (χ3n) is 15.0. The number of fused-ring (bicyclic) bond motifs is 3. The second kappa shape index (κ2) is 25.3. The molecular formula is C51H81NO13. The maximum Gasteiger partial charge on any atom is 0.333 e. The first-order valence-corrected chi connectivity index (χ1v) is 24.4. The molecule has 3 heterocycles. The Morgan fingerprint density at radius 1 is 0.846 bits per heavy atom. The summed E-state index contributed by atoms with van der Waals surface area (Å²) in [5, 5.41) is 22.4. The van der Waals surface area contributed by atoms with Crippen LogP contribution in [0.15, 0.2) is 23.8 Å². The van der Waals surface area contributed by atoms with E-state index in [4.69, 9.17) is 23.7 Å². The van der Waals surface area contributed by atoms with E-state index in [1.165, 1.54) is 19.3 Å². The lowest BCUT2D eigenvalue weighted by atomic mass is 9.78. The molecule has 0 spiro atoms. The second-order valence-corrected chi connectivity index (χ2v) is 20.2. The molecule has 65 heavy (non-hydrogen) atoms. The van der Waals surface area contributed by atoms with Crippen LogP contribution in [0.3, 0.4) is 0 Å². The van der Waals surface area contributed by atoms with E-state index in [1.54, 1.807) is 41.1 Å². The number of hydrogen-bond acceptors (Lipinski definition) is 13. The molecule has 0 aromatic heterocycles. The van der Waals surface area contributed by atoms with Gasteiger partial charge in [0.2, 0.25) is 5.79 Å². The fourth-order valence-electron chi connectivity index (χ4n) is 10.6. The normalized spacial score (nSPS) is 38.2. The van der Waals surface area contributed by atoms with Gasteiger partial charge in [-0.05, 0) is 94.0 Å². The maximum absolute atomic E-state index is 14.3. The van der Waals surface area contributed by atoms with E-state index in [1.807, 2.05) is 13.8 Å². The van der Waals surface area contributed by atoms with Gasteiger partial charge in [-0.3, -0.25) is 24.0 Å². The highest BCUT2D eigenvalue weighted by Crippen LogP contribution is 2.38. The first-order chi connectivity index (χ1) is 30.7. The van der Waals surface area contributed by atoms with E-state index in [-0.39, 0.29) is 66.0 Å². The number of aliphatic hydroxyl groups is 2. The van der Waals surface area contributed by atoms with Crippen LogP contribution >= 0.6 is 0 Å². The van der Waals surface area contributed by atoms with Crippen LogP contribution in [0.1, 0.15) is 145 Å². The lowest BCUT2D eigenvalue weighted by Crippen LogP contribution is -2.60. The summed E-state index contributed by atoms with van der Waals surface area (Å²) in [7, 11) is 4.54. The van der Waals surface area contributed by atoms with Crippen LogP contribution in [-0.2, 0) is 52.5 Å². The number of allylic oxidation sites excluding steroid dienone is 1. The molecule has 2 fully saturated rings. The number of esters is 1. The van der Waals surface area contributed by atoms with Crippen LogP contribution in [0.25, 0.3) is 0 Å². The summed E-state index contributed by atoms with van der Waals surface area (Å²) < 4.78 is 29.4. The minimum atomic E-state index is -2.42. The Bertz CT molecular complexity index is 1690. The number of nitrogens with zero attached hydrogens (tertiary/aromatic N) is 1. The summed E-state index contributed by atoms with van der Waals surface area (Å²) in [6.07, 6.45) is 10.0. The van der Waals surface area contributed by atoms with Crippen molar-refractivity contribution in [1.29, 1.82) is 0 Å². The molecule has 15 atom stereocenters. The number of aliphatic hydroxyl groups excluding tert-OH is 1. The van der Waals surface area contributed by atoms with E-state index in [0.717, 1.165) is 37.0 Å². The Balaban J connectivity index is 1.67. The summed E-state index contributed by atoms with van der Waals surface area (Å²) in [5.41, 5.74) is 0.212. The van der Waals surface area contributed by atoms with Gasteiger partial charge in [-0.2, -0.15) is 0 Å². The summed E-state index contributed by atoms with van der Waals surface area (Å²) in [4.78, 5) is 85.3. The minimum Gasteiger partial charge on any atom is -0.460 e. The van der Waals surface area contributed by atoms with Crippen molar-refractivity contribution in [1.82, 2.24) is 4.90 Å². The molecule has 0 aromatic rings. The Hall–Kier alpha value is -3.14. The van der Waals surface area contributed by atoms with Crippen LogP contribution in [0.2, 0.25) is 0 Å². The maximum atomic E-state index is 14.3. The van der Waals surface area contributed by atoms with Gasteiger partial charge >= 0.3 is 5.97 Å².